The maximum atomic E-state index is 2.51. The predicted octanol–water partition coefficient (Wildman–Crippen LogP) is 14.0. The molecule has 2 atom stereocenters. The molecule has 0 bridgehead atoms. The average Bonchev–Trinajstić information content (AvgIpc) is 3.59. The summed E-state index contributed by atoms with van der Waals surface area (Å²) in [6.07, 6.45) is 9.13. The lowest BCUT2D eigenvalue weighted by atomic mass is 9.75. The minimum absolute atomic E-state index is 0.0676. The second-order valence-electron chi connectivity index (χ2n) is 13.5. The summed E-state index contributed by atoms with van der Waals surface area (Å²) in [6.45, 7) is 2.37. The van der Waals surface area contributed by atoms with Gasteiger partial charge in [0.2, 0.25) is 0 Å². The smallest absolute Gasteiger partial charge is 0.0711 e. The van der Waals surface area contributed by atoms with Gasteiger partial charge in [0.25, 0.3) is 0 Å². The van der Waals surface area contributed by atoms with Crippen LogP contribution in [0.3, 0.4) is 0 Å². The predicted molar refractivity (Wildman–Crippen MR) is 224 cm³/mol. The molecule has 250 valence electrons. The van der Waals surface area contributed by atoms with Crippen LogP contribution in [0.5, 0.6) is 0 Å². The van der Waals surface area contributed by atoms with Gasteiger partial charge in [0.1, 0.15) is 0 Å². The number of anilines is 5. The van der Waals surface area contributed by atoms with E-state index < -0.39 is 5.54 Å². The van der Waals surface area contributed by atoms with Crippen molar-refractivity contribution in [3.8, 4) is 11.1 Å². The van der Waals surface area contributed by atoms with Crippen LogP contribution in [0.25, 0.3) is 31.3 Å². The summed E-state index contributed by atoms with van der Waals surface area (Å²) in [5.74, 6) is 0.0676. The van der Waals surface area contributed by atoms with Crippen LogP contribution in [0.2, 0.25) is 0 Å². The summed E-state index contributed by atoms with van der Waals surface area (Å²) in [4.78, 5) is 4.86. The highest BCUT2D eigenvalue weighted by Gasteiger charge is 2.40. The number of hydrogen-bond acceptors (Lipinski definition) is 3. The highest BCUT2D eigenvalue weighted by molar-refractivity contribution is 7.26. The molecule has 0 amide bonds. The first-order valence-electron chi connectivity index (χ1n) is 17.9. The van der Waals surface area contributed by atoms with E-state index in [1.54, 1.807) is 0 Å². The van der Waals surface area contributed by atoms with Gasteiger partial charge in [-0.1, -0.05) is 140 Å². The fraction of sp³-hybridized carbons (Fsp3) is 0.0612. The summed E-state index contributed by atoms with van der Waals surface area (Å²) in [7, 11) is 0. The van der Waals surface area contributed by atoms with Gasteiger partial charge in [0, 0.05) is 54.5 Å². The standard InChI is InChI=1S/C49H38N2S/c1-49(34-14-13-28-46(49)37-17-15-24-42(35-37)50(38-18-5-2-6-19-38)39-20-7-3-8-21-39)51(40-22-9-4-10-23-40)41-32-30-36(31-33-41)43-26-16-27-45-44-25-11-12-29-47(44)52-48(43)45/h2-35,46H,1H3. The zero-order valence-corrected chi connectivity index (χ0v) is 29.8. The van der Waals surface area contributed by atoms with Crippen molar-refractivity contribution in [2.75, 3.05) is 9.80 Å². The van der Waals surface area contributed by atoms with Crippen molar-refractivity contribution in [3.05, 3.63) is 212 Å². The number of allylic oxidation sites excluding steroid dienone is 2. The zero-order chi connectivity index (χ0) is 34.9. The normalized spacial score (nSPS) is 16.7. The van der Waals surface area contributed by atoms with E-state index in [1.807, 2.05) is 11.3 Å². The van der Waals surface area contributed by atoms with Gasteiger partial charge < -0.3 is 9.80 Å². The maximum absolute atomic E-state index is 2.51. The molecule has 52 heavy (non-hydrogen) atoms. The molecule has 0 spiro atoms. The molecule has 1 heterocycles. The lowest BCUT2D eigenvalue weighted by Crippen LogP contribution is -2.47. The second-order valence-corrected chi connectivity index (χ2v) is 14.6. The van der Waals surface area contributed by atoms with E-state index >= 15 is 0 Å². The van der Waals surface area contributed by atoms with Crippen LogP contribution in [0, 0.1) is 0 Å². The van der Waals surface area contributed by atoms with E-state index in [9.17, 15) is 0 Å². The number of benzene rings is 7. The first kappa shape index (κ1) is 31.8. The number of hydrogen-bond donors (Lipinski definition) is 0. The number of thiophene rings is 1. The molecule has 2 nitrogen and oxygen atoms in total. The van der Waals surface area contributed by atoms with Crippen LogP contribution >= 0.6 is 11.3 Å². The van der Waals surface area contributed by atoms with Gasteiger partial charge in [-0.2, -0.15) is 0 Å². The Kier molecular flexibility index (Phi) is 8.27. The monoisotopic (exact) mass is 686 g/mol. The summed E-state index contributed by atoms with van der Waals surface area (Å²) in [5, 5.41) is 2.65. The van der Waals surface area contributed by atoms with E-state index in [0.29, 0.717) is 0 Å². The molecular formula is C49H38N2S. The third-order valence-corrected chi connectivity index (χ3v) is 11.6. The molecule has 7 aromatic carbocycles. The van der Waals surface area contributed by atoms with Crippen molar-refractivity contribution in [3.63, 3.8) is 0 Å². The van der Waals surface area contributed by atoms with Crippen LogP contribution in [-0.2, 0) is 0 Å². The fourth-order valence-corrected chi connectivity index (χ4v) is 9.13. The van der Waals surface area contributed by atoms with Crippen LogP contribution < -0.4 is 9.80 Å². The Morgan fingerprint density at radius 3 is 1.79 bits per heavy atom. The minimum atomic E-state index is -0.411. The highest BCUT2D eigenvalue weighted by atomic mass is 32.1. The van der Waals surface area contributed by atoms with Crippen LogP contribution in [-0.4, -0.2) is 5.54 Å². The molecule has 0 radical (unpaired) electrons. The quantitative estimate of drug-likeness (QED) is 0.157. The van der Waals surface area contributed by atoms with Crippen molar-refractivity contribution in [1.82, 2.24) is 0 Å². The first-order valence-corrected chi connectivity index (χ1v) is 18.7. The molecule has 8 aromatic rings. The Bertz CT molecular complexity index is 2500. The topological polar surface area (TPSA) is 6.48 Å². The van der Waals surface area contributed by atoms with Crippen molar-refractivity contribution < 1.29 is 0 Å². The molecule has 0 saturated heterocycles. The van der Waals surface area contributed by atoms with Gasteiger partial charge in [-0.25, -0.2) is 0 Å². The van der Waals surface area contributed by atoms with E-state index in [0.717, 1.165) is 28.4 Å². The van der Waals surface area contributed by atoms with Crippen molar-refractivity contribution in [1.29, 1.82) is 0 Å². The maximum Gasteiger partial charge on any atom is 0.0711 e. The minimum Gasteiger partial charge on any atom is -0.331 e. The largest absolute Gasteiger partial charge is 0.331 e. The fourth-order valence-electron chi connectivity index (χ4n) is 7.89. The molecule has 0 saturated carbocycles. The molecule has 1 aliphatic carbocycles. The molecule has 2 unspecified atom stereocenters. The Balaban J connectivity index is 1.13. The molecule has 0 fully saturated rings. The number of rotatable bonds is 8. The second kappa shape index (κ2) is 13.5. The van der Waals surface area contributed by atoms with Crippen LogP contribution in [0.15, 0.2) is 206 Å². The summed E-state index contributed by atoms with van der Waals surface area (Å²) >= 11 is 1.88. The Morgan fingerprint density at radius 1 is 0.500 bits per heavy atom. The third-order valence-electron chi connectivity index (χ3n) is 10.3. The number of para-hydroxylation sites is 3. The van der Waals surface area contributed by atoms with Gasteiger partial charge >= 0.3 is 0 Å². The first-order chi connectivity index (χ1) is 25.7. The Morgan fingerprint density at radius 2 is 1.08 bits per heavy atom. The van der Waals surface area contributed by atoms with Gasteiger partial charge in [-0.05, 0) is 90.3 Å². The number of fused-ring (bicyclic) bond motifs is 3. The average molecular weight is 687 g/mol. The van der Waals surface area contributed by atoms with Gasteiger partial charge in [-0.3, -0.25) is 0 Å². The third kappa shape index (κ3) is 5.70. The van der Waals surface area contributed by atoms with Gasteiger partial charge in [0.15, 0.2) is 0 Å². The van der Waals surface area contributed by atoms with Crippen molar-refractivity contribution in [2.24, 2.45) is 0 Å². The molecule has 3 heteroatoms. The summed E-state index contributed by atoms with van der Waals surface area (Å²) < 4.78 is 2.66. The van der Waals surface area contributed by atoms with Crippen molar-refractivity contribution >= 4 is 59.9 Å². The zero-order valence-electron chi connectivity index (χ0n) is 29.0. The van der Waals surface area contributed by atoms with E-state index in [4.69, 9.17) is 0 Å². The van der Waals surface area contributed by atoms with Crippen LogP contribution in [0.1, 0.15) is 18.4 Å². The Hall–Kier alpha value is -6.16. The highest BCUT2D eigenvalue weighted by Crippen LogP contribution is 2.47. The molecule has 1 aromatic heterocycles. The van der Waals surface area contributed by atoms with Crippen molar-refractivity contribution in [2.45, 2.75) is 18.4 Å². The van der Waals surface area contributed by atoms with Gasteiger partial charge in [0.05, 0.1) is 5.54 Å². The lowest BCUT2D eigenvalue weighted by molar-refractivity contribution is 0.506. The van der Waals surface area contributed by atoms with E-state index in [2.05, 4.69) is 223 Å². The molecule has 9 rings (SSSR count). The number of nitrogens with zero attached hydrogens (tertiary/aromatic N) is 2. The van der Waals surface area contributed by atoms with E-state index in [-0.39, 0.29) is 5.92 Å². The Labute approximate surface area is 309 Å². The van der Waals surface area contributed by atoms with Gasteiger partial charge in [-0.15, -0.1) is 11.3 Å². The van der Waals surface area contributed by atoms with Crippen LogP contribution in [0.4, 0.5) is 28.4 Å². The molecule has 0 N–H and O–H groups in total. The SMILES string of the molecule is CC1(N(c2ccccc2)c2ccc(-c3cccc4c3sc3ccccc34)cc2)C=CC=CC1c1cccc(N(c2ccccc2)c2ccccc2)c1. The molecule has 0 aliphatic heterocycles. The summed E-state index contributed by atoms with van der Waals surface area (Å²) in [5.41, 5.74) is 9.04. The molecule has 1 aliphatic rings. The van der Waals surface area contributed by atoms with E-state index in [1.165, 1.54) is 36.9 Å². The molecular weight excluding hydrogens is 649 g/mol. The lowest BCUT2D eigenvalue weighted by Gasteiger charge is -2.47. The summed E-state index contributed by atoms with van der Waals surface area (Å²) in [6, 6.07) is 65.8.